The SMILES string of the molecule is Cc1ccc(C(=O)CCC(=O)NCc2cccs2)cc1C. The maximum Gasteiger partial charge on any atom is 0.220 e. The summed E-state index contributed by atoms with van der Waals surface area (Å²) in [6.45, 7) is 4.54. The van der Waals surface area contributed by atoms with Crippen molar-refractivity contribution < 1.29 is 9.59 Å². The molecule has 110 valence electrons. The lowest BCUT2D eigenvalue weighted by Gasteiger charge is -2.05. The van der Waals surface area contributed by atoms with Crippen LogP contribution in [-0.4, -0.2) is 11.7 Å². The van der Waals surface area contributed by atoms with Crippen molar-refractivity contribution >= 4 is 23.0 Å². The van der Waals surface area contributed by atoms with Gasteiger partial charge in [0.15, 0.2) is 5.78 Å². The molecule has 4 heteroatoms. The first kappa shape index (κ1) is 15.4. The molecule has 0 aliphatic carbocycles. The summed E-state index contributed by atoms with van der Waals surface area (Å²) in [4.78, 5) is 24.9. The lowest BCUT2D eigenvalue weighted by molar-refractivity contribution is -0.121. The summed E-state index contributed by atoms with van der Waals surface area (Å²) in [6.07, 6.45) is 0.482. The highest BCUT2D eigenvalue weighted by Crippen LogP contribution is 2.12. The molecule has 1 aromatic heterocycles. The van der Waals surface area contributed by atoms with Crippen LogP contribution in [0, 0.1) is 13.8 Å². The van der Waals surface area contributed by atoms with Crippen LogP contribution in [0.2, 0.25) is 0 Å². The van der Waals surface area contributed by atoms with Gasteiger partial charge in [0.2, 0.25) is 5.91 Å². The summed E-state index contributed by atoms with van der Waals surface area (Å²) in [6, 6.07) is 9.59. The van der Waals surface area contributed by atoms with E-state index in [0.29, 0.717) is 12.1 Å². The zero-order valence-corrected chi connectivity index (χ0v) is 13.1. The molecule has 0 unspecified atom stereocenters. The number of hydrogen-bond donors (Lipinski definition) is 1. The number of nitrogens with one attached hydrogen (secondary N) is 1. The molecule has 0 saturated heterocycles. The van der Waals surface area contributed by atoms with Crippen LogP contribution in [-0.2, 0) is 11.3 Å². The normalized spacial score (nSPS) is 10.4. The van der Waals surface area contributed by atoms with Gasteiger partial charge in [0.1, 0.15) is 0 Å². The summed E-state index contributed by atoms with van der Waals surface area (Å²) in [5.74, 6) is -0.0649. The van der Waals surface area contributed by atoms with Gasteiger partial charge < -0.3 is 5.32 Å². The van der Waals surface area contributed by atoms with Gasteiger partial charge >= 0.3 is 0 Å². The van der Waals surface area contributed by atoms with E-state index in [1.807, 2.05) is 49.6 Å². The standard InChI is InChI=1S/C17H19NO2S/c1-12-5-6-14(10-13(12)2)16(19)7-8-17(20)18-11-15-4-3-9-21-15/h3-6,9-10H,7-8,11H2,1-2H3,(H,18,20). The van der Waals surface area contributed by atoms with Crippen LogP contribution in [0.4, 0.5) is 0 Å². The molecule has 2 rings (SSSR count). The van der Waals surface area contributed by atoms with Gasteiger partial charge in [-0.25, -0.2) is 0 Å². The molecular weight excluding hydrogens is 282 g/mol. The first-order chi connectivity index (χ1) is 10.1. The first-order valence-electron chi connectivity index (χ1n) is 6.96. The van der Waals surface area contributed by atoms with E-state index in [-0.39, 0.29) is 24.5 Å². The lowest BCUT2D eigenvalue weighted by atomic mass is 10.0. The Hall–Kier alpha value is -1.94. The minimum atomic E-state index is -0.0828. The van der Waals surface area contributed by atoms with Gasteiger partial charge in [0.25, 0.3) is 0 Å². The second kappa shape index (κ2) is 7.18. The van der Waals surface area contributed by atoms with Crippen molar-refractivity contribution in [2.24, 2.45) is 0 Å². The Kier molecular flexibility index (Phi) is 5.28. The van der Waals surface area contributed by atoms with E-state index in [2.05, 4.69) is 5.32 Å². The van der Waals surface area contributed by atoms with E-state index >= 15 is 0 Å². The molecule has 0 bridgehead atoms. The van der Waals surface area contributed by atoms with Crippen LogP contribution in [0.3, 0.4) is 0 Å². The fourth-order valence-electron chi connectivity index (χ4n) is 1.97. The predicted molar refractivity (Wildman–Crippen MR) is 85.6 cm³/mol. The average Bonchev–Trinajstić information content (AvgIpc) is 2.98. The lowest BCUT2D eigenvalue weighted by Crippen LogP contribution is -2.22. The van der Waals surface area contributed by atoms with Gasteiger partial charge in [0.05, 0.1) is 6.54 Å². The van der Waals surface area contributed by atoms with Gasteiger partial charge in [-0.3, -0.25) is 9.59 Å². The van der Waals surface area contributed by atoms with E-state index in [1.54, 1.807) is 11.3 Å². The number of ketones is 1. The number of aryl methyl sites for hydroxylation is 2. The van der Waals surface area contributed by atoms with E-state index in [4.69, 9.17) is 0 Å². The Bertz CT molecular complexity index is 632. The van der Waals surface area contributed by atoms with Crippen LogP contribution in [0.5, 0.6) is 0 Å². The molecule has 0 spiro atoms. The minimum absolute atomic E-state index is 0.0179. The van der Waals surface area contributed by atoms with Gasteiger partial charge in [-0.1, -0.05) is 18.2 Å². The molecule has 0 saturated carbocycles. The molecule has 1 heterocycles. The van der Waals surface area contributed by atoms with E-state index in [9.17, 15) is 9.59 Å². The molecule has 1 amide bonds. The molecule has 1 N–H and O–H groups in total. The highest BCUT2D eigenvalue weighted by molar-refractivity contribution is 7.09. The maximum atomic E-state index is 12.1. The Morgan fingerprint density at radius 2 is 1.90 bits per heavy atom. The summed E-state index contributed by atoms with van der Waals surface area (Å²) in [5.41, 5.74) is 2.95. The van der Waals surface area contributed by atoms with Crippen molar-refractivity contribution in [1.29, 1.82) is 0 Å². The molecule has 1 aromatic carbocycles. The quantitative estimate of drug-likeness (QED) is 0.828. The average molecular weight is 301 g/mol. The van der Waals surface area contributed by atoms with Crippen LogP contribution < -0.4 is 5.32 Å². The summed E-state index contributed by atoms with van der Waals surface area (Å²) < 4.78 is 0. The zero-order valence-electron chi connectivity index (χ0n) is 12.3. The second-order valence-electron chi connectivity index (χ2n) is 5.08. The van der Waals surface area contributed by atoms with Gasteiger partial charge in [-0.05, 0) is 42.5 Å². The van der Waals surface area contributed by atoms with Crippen molar-refractivity contribution in [3.8, 4) is 0 Å². The fourth-order valence-corrected chi connectivity index (χ4v) is 2.62. The smallest absolute Gasteiger partial charge is 0.220 e. The third kappa shape index (κ3) is 4.53. The molecule has 0 fully saturated rings. The number of hydrogen-bond acceptors (Lipinski definition) is 3. The predicted octanol–water partition coefficient (Wildman–Crippen LogP) is 3.64. The van der Waals surface area contributed by atoms with Crippen molar-refractivity contribution in [3.63, 3.8) is 0 Å². The molecular formula is C17H19NO2S. The number of carbonyl (C=O) groups excluding carboxylic acids is 2. The van der Waals surface area contributed by atoms with Crippen LogP contribution in [0.15, 0.2) is 35.7 Å². The van der Waals surface area contributed by atoms with Gasteiger partial charge in [-0.2, -0.15) is 0 Å². The Labute approximate surface area is 129 Å². The van der Waals surface area contributed by atoms with Crippen molar-refractivity contribution in [1.82, 2.24) is 5.32 Å². The van der Waals surface area contributed by atoms with Gasteiger partial charge in [-0.15, -0.1) is 11.3 Å². The molecule has 0 atom stereocenters. The van der Waals surface area contributed by atoms with Crippen molar-refractivity contribution in [2.45, 2.75) is 33.2 Å². The number of carbonyl (C=O) groups is 2. The number of amides is 1. The molecule has 0 radical (unpaired) electrons. The first-order valence-corrected chi connectivity index (χ1v) is 7.84. The topological polar surface area (TPSA) is 46.2 Å². The summed E-state index contributed by atoms with van der Waals surface area (Å²) in [7, 11) is 0. The number of thiophene rings is 1. The second-order valence-corrected chi connectivity index (χ2v) is 6.11. The minimum Gasteiger partial charge on any atom is -0.351 e. The molecule has 21 heavy (non-hydrogen) atoms. The largest absolute Gasteiger partial charge is 0.351 e. The highest BCUT2D eigenvalue weighted by atomic mass is 32.1. The molecule has 0 aliphatic rings. The van der Waals surface area contributed by atoms with Crippen molar-refractivity contribution in [2.75, 3.05) is 0 Å². The number of benzene rings is 1. The van der Waals surface area contributed by atoms with Gasteiger partial charge in [0, 0.05) is 23.3 Å². The molecule has 0 aliphatic heterocycles. The Morgan fingerprint density at radius 3 is 2.57 bits per heavy atom. The van der Waals surface area contributed by atoms with E-state index in [1.165, 1.54) is 5.56 Å². The summed E-state index contributed by atoms with van der Waals surface area (Å²) >= 11 is 1.61. The zero-order chi connectivity index (χ0) is 15.2. The van der Waals surface area contributed by atoms with E-state index < -0.39 is 0 Å². The summed E-state index contributed by atoms with van der Waals surface area (Å²) in [5, 5.41) is 4.81. The third-order valence-electron chi connectivity index (χ3n) is 3.45. The molecule has 2 aromatic rings. The van der Waals surface area contributed by atoms with Crippen LogP contribution in [0.25, 0.3) is 0 Å². The Morgan fingerprint density at radius 1 is 1.10 bits per heavy atom. The molecule has 3 nitrogen and oxygen atoms in total. The third-order valence-corrected chi connectivity index (χ3v) is 4.32. The van der Waals surface area contributed by atoms with Crippen LogP contribution >= 0.6 is 11.3 Å². The number of rotatable bonds is 6. The maximum absolute atomic E-state index is 12.1. The van der Waals surface area contributed by atoms with E-state index in [0.717, 1.165) is 10.4 Å². The monoisotopic (exact) mass is 301 g/mol. The fraction of sp³-hybridized carbons (Fsp3) is 0.294. The number of Topliss-reactive ketones (excluding diaryl/α,β-unsaturated/α-hetero) is 1. The highest BCUT2D eigenvalue weighted by Gasteiger charge is 2.10. The van der Waals surface area contributed by atoms with Crippen molar-refractivity contribution in [3.05, 3.63) is 57.3 Å². The van der Waals surface area contributed by atoms with Crippen LogP contribution in [0.1, 0.15) is 39.2 Å². The Balaban J connectivity index is 1.80.